The minimum Gasteiger partial charge on any atom is -0.377 e. The van der Waals surface area contributed by atoms with Crippen LogP contribution in [0.5, 0.6) is 0 Å². The summed E-state index contributed by atoms with van der Waals surface area (Å²) in [5.74, 6) is -4.47. The molecule has 0 fully saturated rings. The average molecular weight is 441 g/mol. The van der Waals surface area contributed by atoms with Gasteiger partial charge in [-0.3, -0.25) is 20.0 Å². The maximum atomic E-state index is 13.5. The zero-order valence-electron chi connectivity index (χ0n) is 15.0. The summed E-state index contributed by atoms with van der Waals surface area (Å²) in [4.78, 5) is 31.4. The molecule has 0 aromatic carbocycles. The highest BCUT2D eigenvalue weighted by atomic mass is 32.1. The number of aromatic nitrogens is 1. The number of fused-ring (bicyclic) bond motifs is 1. The van der Waals surface area contributed by atoms with Crippen LogP contribution in [0.2, 0.25) is 0 Å². The summed E-state index contributed by atoms with van der Waals surface area (Å²) in [6, 6.07) is 1.48. The van der Waals surface area contributed by atoms with Crippen LogP contribution in [0, 0.1) is 0 Å². The number of nitrogens with zero attached hydrogens (tertiary/aromatic N) is 4. The number of aldehydes is 1. The Morgan fingerprint density at radius 3 is 2.28 bits per heavy atom. The molecule has 2 rings (SSSR count). The van der Waals surface area contributed by atoms with Crippen LogP contribution >= 0.6 is 11.3 Å². The molecule has 158 valence electrons. The van der Waals surface area contributed by atoms with Crippen LogP contribution in [-0.2, 0) is 4.79 Å². The van der Waals surface area contributed by atoms with E-state index in [-0.39, 0.29) is 26.4 Å². The van der Waals surface area contributed by atoms with Gasteiger partial charge >= 0.3 is 18.3 Å². The largest absolute Gasteiger partial charge is 0.472 e. The summed E-state index contributed by atoms with van der Waals surface area (Å²) in [5.41, 5.74) is 1.04. The van der Waals surface area contributed by atoms with Crippen molar-refractivity contribution in [2.45, 2.75) is 12.4 Å². The number of alkyl halides is 6. The molecule has 1 amide bonds. The summed E-state index contributed by atoms with van der Waals surface area (Å²) in [5, 5.41) is -0.0820. The molecule has 0 radical (unpaired) electrons. The molecule has 0 atom stereocenters. The van der Waals surface area contributed by atoms with Gasteiger partial charge in [0, 0.05) is 27.3 Å². The second kappa shape index (κ2) is 7.85. The number of nitrogens with one attached hydrogen (secondary N) is 1. The number of rotatable bonds is 3. The van der Waals surface area contributed by atoms with Crippen LogP contribution in [0.25, 0.3) is 10.2 Å². The molecule has 0 spiro atoms. The fourth-order valence-electron chi connectivity index (χ4n) is 2.28. The Kier molecular flexibility index (Phi) is 6.06. The van der Waals surface area contributed by atoms with Crippen molar-refractivity contribution in [1.82, 2.24) is 15.4 Å². The second-order valence-electron chi connectivity index (χ2n) is 5.77. The van der Waals surface area contributed by atoms with E-state index in [0.29, 0.717) is 12.7 Å². The molecule has 14 heteroatoms. The fourth-order valence-corrected chi connectivity index (χ4v) is 3.19. The molecule has 7 nitrogen and oxygen atoms in total. The average Bonchev–Trinajstić information content (AvgIpc) is 2.94. The van der Waals surface area contributed by atoms with Crippen molar-refractivity contribution in [1.29, 1.82) is 0 Å². The number of hydrogen-bond acceptors (Lipinski definition) is 6. The van der Waals surface area contributed by atoms with E-state index in [1.54, 1.807) is 19.0 Å². The lowest BCUT2D eigenvalue weighted by molar-refractivity contribution is -0.177. The smallest absolute Gasteiger partial charge is 0.377 e. The van der Waals surface area contributed by atoms with Crippen molar-refractivity contribution < 1.29 is 35.9 Å². The van der Waals surface area contributed by atoms with Crippen LogP contribution in [0.1, 0.15) is 9.67 Å². The standard InChI is InChI=1S/C15H13F6N5O2S/c1-25(2)7-4-5-22-11-9(7)10(8(6-27)29-11)23-12(14(16,17)18)26(3)24-13(28)15(19,20)21/h4-6H,1-3H3,(H,24,28). The summed E-state index contributed by atoms with van der Waals surface area (Å²) < 4.78 is 77.7. The number of thiophene rings is 1. The van der Waals surface area contributed by atoms with Gasteiger partial charge in [0.2, 0.25) is 5.84 Å². The summed E-state index contributed by atoms with van der Waals surface area (Å²) >= 11 is 0.772. The molecule has 0 aliphatic heterocycles. The number of carbonyl (C=O) groups excluding carboxylic acids is 2. The Labute approximate surface area is 163 Å². The quantitative estimate of drug-likeness (QED) is 0.260. The molecular formula is C15H13F6N5O2S. The highest BCUT2D eigenvalue weighted by molar-refractivity contribution is 7.21. The first-order valence-electron chi connectivity index (χ1n) is 7.58. The van der Waals surface area contributed by atoms with Crippen LogP contribution in [-0.4, -0.2) is 61.5 Å². The van der Waals surface area contributed by atoms with Gasteiger partial charge in [-0.15, -0.1) is 11.3 Å². The van der Waals surface area contributed by atoms with Crippen LogP contribution in [0.3, 0.4) is 0 Å². The summed E-state index contributed by atoms with van der Waals surface area (Å²) in [6.07, 6.45) is -9.00. The van der Waals surface area contributed by atoms with E-state index in [4.69, 9.17) is 0 Å². The number of carbonyl (C=O) groups is 2. The third-order valence-corrected chi connectivity index (χ3v) is 4.49. The highest BCUT2D eigenvalue weighted by Gasteiger charge is 2.44. The number of aliphatic imine (C=N–C) groups is 1. The first-order valence-corrected chi connectivity index (χ1v) is 8.40. The predicted molar refractivity (Wildman–Crippen MR) is 94.4 cm³/mol. The maximum Gasteiger partial charge on any atom is 0.472 e. The van der Waals surface area contributed by atoms with Gasteiger partial charge in [-0.25, -0.2) is 9.98 Å². The number of amides is 1. The molecular weight excluding hydrogens is 428 g/mol. The number of hydrogen-bond donors (Lipinski definition) is 1. The van der Waals surface area contributed by atoms with E-state index >= 15 is 0 Å². The third kappa shape index (κ3) is 4.75. The molecule has 29 heavy (non-hydrogen) atoms. The number of amidine groups is 1. The fraction of sp³-hybridized carbons (Fsp3) is 0.333. The van der Waals surface area contributed by atoms with Gasteiger partial charge in [-0.1, -0.05) is 0 Å². The van der Waals surface area contributed by atoms with E-state index in [1.807, 2.05) is 0 Å². The zero-order valence-corrected chi connectivity index (χ0v) is 15.8. The zero-order chi connectivity index (χ0) is 22.1. The van der Waals surface area contributed by atoms with Gasteiger partial charge in [-0.2, -0.15) is 26.3 Å². The van der Waals surface area contributed by atoms with Gasteiger partial charge in [0.1, 0.15) is 4.83 Å². The molecule has 0 unspecified atom stereocenters. The molecule has 1 N–H and O–H groups in total. The van der Waals surface area contributed by atoms with Crippen LogP contribution in [0.4, 0.5) is 37.7 Å². The molecule has 0 saturated carbocycles. The van der Waals surface area contributed by atoms with E-state index in [1.165, 1.54) is 12.3 Å². The first-order chi connectivity index (χ1) is 13.3. The summed E-state index contributed by atoms with van der Waals surface area (Å²) in [6.45, 7) is 0. The van der Waals surface area contributed by atoms with Crippen molar-refractivity contribution in [3.05, 3.63) is 17.1 Å². The van der Waals surface area contributed by atoms with Crippen molar-refractivity contribution in [3.63, 3.8) is 0 Å². The lowest BCUT2D eigenvalue weighted by atomic mass is 10.2. The van der Waals surface area contributed by atoms with Crippen molar-refractivity contribution in [3.8, 4) is 0 Å². The van der Waals surface area contributed by atoms with E-state index in [0.717, 1.165) is 16.8 Å². The van der Waals surface area contributed by atoms with E-state index in [9.17, 15) is 35.9 Å². The molecule has 2 aromatic rings. The van der Waals surface area contributed by atoms with E-state index < -0.39 is 29.8 Å². The Bertz CT molecular complexity index is 966. The molecule has 2 aromatic heterocycles. The number of halogens is 6. The van der Waals surface area contributed by atoms with Crippen molar-refractivity contribution in [2.75, 3.05) is 26.0 Å². The van der Waals surface area contributed by atoms with Crippen molar-refractivity contribution in [2.24, 2.45) is 4.99 Å². The molecule has 0 aliphatic rings. The minimum atomic E-state index is -5.41. The third-order valence-electron chi connectivity index (χ3n) is 3.48. The molecule has 0 aliphatic carbocycles. The molecule has 0 saturated heterocycles. The summed E-state index contributed by atoms with van der Waals surface area (Å²) in [7, 11) is 3.75. The van der Waals surface area contributed by atoms with Gasteiger partial charge < -0.3 is 4.90 Å². The predicted octanol–water partition coefficient (Wildman–Crippen LogP) is 3.29. The Morgan fingerprint density at radius 2 is 1.79 bits per heavy atom. The van der Waals surface area contributed by atoms with Crippen molar-refractivity contribution >= 4 is 51.0 Å². The molecule has 0 bridgehead atoms. The maximum absolute atomic E-state index is 13.5. The van der Waals surface area contributed by atoms with Gasteiger partial charge in [0.25, 0.3) is 0 Å². The molecule has 2 heterocycles. The Morgan fingerprint density at radius 1 is 1.17 bits per heavy atom. The van der Waals surface area contributed by atoms with Gasteiger partial charge in [-0.05, 0) is 6.07 Å². The second-order valence-corrected chi connectivity index (χ2v) is 6.80. The highest BCUT2D eigenvalue weighted by Crippen LogP contribution is 2.42. The van der Waals surface area contributed by atoms with Crippen LogP contribution < -0.4 is 10.3 Å². The first kappa shape index (κ1) is 22.4. The number of pyridine rings is 1. The number of hydrazine groups is 1. The monoisotopic (exact) mass is 441 g/mol. The lowest BCUT2D eigenvalue weighted by Crippen LogP contribution is -2.52. The van der Waals surface area contributed by atoms with Gasteiger partial charge in [0.15, 0.2) is 6.29 Å². The SMILES string of the molecule is CN(NC(=O)C(F)(F)F)C(=Nc1c(C=O)sc2nccc(N(C)C)c12)C(F)(F)F. The van der Waals surface area contributed by atoms with E-state index in [2.05, 4.69) is 9.98 Å². The Hall–Kier alpha value is -2.90. The minimum absolute atomic E-state index is 0.113. The number of anilines is 1. The topological polar surface area (TPSA) is 77.9 Å². The Balaban J connectivity index is 2.70. The van der Waals surface area contributed by atoms with Crippen LogP contribution in [0.15, 0.2) is 17.3 Å². The lowest BCUT2D eigenvalue weighted by Gasteiger charge is -2.24. The normalized spacial score (nSPS) is 12.8. The van der Waals surface area contributed by atoms with Gasteiger partial charge in [0.05, 0.1) is 21.6 Å².